The van der Waals surface area contributed by atoms with Gasteiger partial charge in [0, 0.05) is 29.5 Å². The molecule has 1 aromatic carbocycles. The van der Waals surface area contributed by atoms with Gasteiger partial charge in [-0.3, -0.25) is 4.79 Å². The molecule has 6 rings (SSSR count). The molecular weight excluding hydrogens is 441 g/mol. The van der Waals surface area contributed by atoms with Gasteiger partial charge in [0.25, 0.3) is 0 Å². The predicted molar refractivity (Wildman–Crippen MR) is 119 cm³/mol. The summed E-state index contributed by atoms with van der Waals surface area (Å²) in [6.45, 7) is 1.92. The first-order chi connectivity index (χ1) is 16.2. The Morgan fingerprint density at radius 3 is 2.59 bits per heavy atom. The Morgan fingerprint density at radius 1 is 1.18 bits per heavy atom. The average molecular weight is 464 g/mol. The molecule has 174 valence electrons. The number of fused-ring (bicyclic) bond motifs is 1. The highest BCUT2D eigenvalue weighted by Gasteiger charge is 2.70. The Balaban J connectivity index is 1.16. The third-order valence-electron chi connectivity index (χ3n) is 8.27. The molecule has 3 aliphatic rings. The quantitative estimate of drug-likeness (QED) is 0.508. The molecule has 0 bridgehead atoms. The fraction of sp³-hybridized carbons (Fsp3) is 0.423. The van der Waals surface area contributed by atoms with Crippen LogP contribution in [0.25, 0.3) is 5.65 Å². The van der Waals surface area contributed by atoms with Crippen LogP contribution in [-0.4, -0.2) is 21.2 Å². The molecule has 0 aliphatic heterocycles. The Hall–Kier alpha value is -3.34. The molecule has 2 aromatic heterocycles. The molecule has 0 radical (unpaired) electrons. The van der Waals surface area contributed by atoms with Gasteiger partial charge in [-0.2, -0.15) is 18.4 Å². The lowest BCUT2D eigenvalue weighted by Crippen LogP contribution is -2.68. The smallest absolute Gasteiger partial charge is 0.382 e. The van der Waals surface area contributed by atoms with Crippen molar-refractivity contribution >= 4 is 17.1 Å². The van der Waals surface area contributed by atoms with Crippen molar-refractivity contribution in [1.29, 1.82) is 5.26 Å². The van der Waals surface area contributed by atoms with Crippen LogP contribution in [0.15, 0.2) is 42.7 Å². The zero-order valence-electron chi connectivity index (χ0n) is 18.6. The van der Waals surface area contributed by atoms with Gasteiger partial charge in [0.2, 0.25) is 0 Å². The van der Waals surface area contributed by atoms with E-state index in [0.717, 1.165) is 49.2 Å². The number of nitriles is 1. The number of anilines is 1. The molecule has 0 spiro atoms. The van der Waals surface area contributed by atoms with Gasteiger partial charge < -0.3 is 9.72 Å². The number of pyridine rings is 1. The summed E-state index contributed by atoms with van der Waals surface area (Å²) < 4.78 is 40.4. The maximum atomic E-state index is 13.4. The lowest BCUT2D eigenvalue weighted by molar-refractivity contribution is -0.177. The van der Waals surface area contributed by atoms with E-state index in [0.29, 0.717) is 35.0 Å². The number of hydrogen-bond donors (Lipinski definition) is 1. The van der Waals surface area contributed by atoms with Crippen LogP contribution >= 0.6 is 0 Å². The van der Waals surface area contributed by atoms with Gasteiger partial charge in [-0.1, -0.05) is 6.07 Å². The summed E-state index contributed by atoms with van der Waals surface area (Å²) in [4.78, 5) is 17.8. The van der Waals surface area contributed by atoms with Gasteiger partial charge in [-0.15, -0.1) is 0 Å². The van der Waals surface area contributed by atoms with Crippen molar-refractivity contribution in [3.05, 3.63) is 65.1 Å². The second kappa shape index (κ2) is 7.08. The van der Waals surface area contributed by atoms with Gasteiger partial charge in [0.1, 0.15) is 11.3 Å². The molecule has 8 heteroatoms. The van der Waals surface area contributed by atoms with Crippen molar-refractivity contribution in [2.24, 2.45) is 23.2 Å². The third-order valence-corrected chi connectivity index (χ3v) is 8.27. The number of benzene rings is 1. The molecule has 3 aromatic rings. The molecule has 3 unspecified atom stereocenters. The molecule has 5 nitrogen and oxygen atoms in total. The Bertz CT molecular complexity index is 1350. The number of nitrogens with one attached hydrogen (secondary N) is 1. The first kappa shape index (κ1) is 21.2. The van der Waals surface area contributed by atoms with E-state index in [2.05, 4.69) is 16.4 Å². The summed E-state index contributed by atoms with van der Waals surface area (Å²) in [5, 5.41) is 12.9. The average Bonchev–Trinajstić information content (AvgIpc) is 3.19. The zero-order chi connectivity index (χ0) is 23.8. The number of rotatable bonds is 4. The van der Waals surface area contributed by atoms with E-state index >= 15 is 0 Å². The molecule has 3 saturated carbocycles. The van der Waals surface area contributed by atoms with Crippen LogP contribution < -0.4 is 5.32 Å². The van der Waals surface area contributed by atoms with Gasteiger partial charge >= 0.3 is 6.18 Å². The summed E-state index contributed by atoms with van der Waals surface area (Å²) in [5.41, 5.74) is 2.04. The van der Waals surface area contributed by atoms with Crippen molar-refractivity contribution < 1.29 is 18.0 Å². The Morgan fingerprint density at radius 2 is 1.91 bits per heavy atom. The van der Waals surface area contributed by atoms with Crippen LogP contribution in [0.4, 0.5) is 18.9 Å². The van der Waals surface area contributed by atoms with E-state index < -0.39 is 17.2 Å². The molecule has 0 amide bonds. The summed E-state index contributed by atoms with van der Waals surface area (Å²) in [6.07, 6.45) is 1.57. The highest BCUT2D eigenvalue weighted by atomic mass is 19.4. The second-order valence-corrected chi connectivity index (χ2v) is 10.2. The number of halogens is 3. The second-order valence-electron chi connectivity index (χ2n) is 10.2. The number of hydrogen-bond acceptors (Lipinski definition) is 4. The number of aromatic nitrogens is 2. The van der Waals surface area contributed by atoms with Crippen LogP contribution in [0.3, 0.4) is 0 Å². The topological polar surface area (TPSA) is 70.2 Å². The van der Waals surface area contributed by atoms with Gasteiger partial charge in [-0.05, 0) is 80.2 Å². The van der Waals surface area contributed by atoms with Crippen molar-refractivity contribution in [3.8, 4) is 6.07 Å². The van der Waals surface area contributed by atoms with E-state index in [1.165, 1.54) is 16.7 Å². The maximum Gasteiger partial charge on any atom is 0.417 e. The molecular formula is C26H23F3N4O. The van der Waals surface area contributed by atoms with Crippen molar-refractivity contribution in [2.75, 3.05) is 5.32 Å². The first-order valence-electron chi connectivity index (χ1n) is 11.6. The number of nitrogens with zero attached hydrogens (tertiary/aromatic N) is 3. The number of alkyl halides is 3. The van der Waals surface area contributed by atoms with Crippen molar-refractivity contribution in [1.82, 2.24) is 9.38 Å². The number of imidazole rings is 1. The largest absolute Gasteiger partial charge is 0.417 e. The molecule has 34 heavy (non-hydrogen) atoms. The fourth-order valence-electron chi connectivity index (χ4n) is 6.84. The summed E-state index contributed by atoms with van der Waals surface area (Å²) in [6, 6.07) is 10.7. The maximum absolute atomic E-state index is 13.4. The Labute approximate surface area is 194 Å². The summed E-state index contributed by atoms with van der Waals surface area (Å²) in [5.74, 6) is 1.24. The van der Waals surface area contributed by atoms with Crippen LogP contribution in [0.5, 0.6) is 0 Å². The van der Waals surface area contributed by atoms with Crippen LogP contribution in [0.1, 0.15) is 52.9 Å². The number of ketones is 1. The molecule has 3 fully saturated rings. The number of carbonyl (C=O) groups excluding carboxylic acids is 1. The number of Topliss-reactive ketones (excluding diaryl/α,β-unsaturated/α-hetero) is 1. The van der Waals surface area contributed by atoms with Gasteiger partial charge in [-0.25, -0.2) is 4.98 Å². The summed E-state index contributed by atoms with van der Waals surface area (Å²) in [7, 11) is 0. The van der Waals surface area contributed by atoms with Gasteiger partial charge in [0.05, 0.1) is 17.2 Å². The number of aryl methyl sites for hydroxylation is 1. The molecule has 3 aliphatic carbocycles. The minimum Gasteiger partial charge on any atom is -0.382 e. The van der Waals surface area contributed by atoms with Crippen LogP contribution in [0.2, 0.25) is 0 Å². The predicted octanol–water partition coefficient (Wildman–Crippen LogP) is 5.63. The highest BCUT2D eigenvalue weighted by Crippen LogP contribution is 2.72. The standard InChI is InChI=1S/C26H23F3N4O/c1-14-2-4-19(8-17(14)11-30)31-20-6-15-9-25(10-16(7-20)23(15)25)24(34)21-13-33-12-18(26(27,28)29)3-5-22(33)32-21/h2-5,8,12-13,15-16,20,23,31H,6-7,9-10H2,1H3/t15-,16+,20?,23?,25?. The monoisotopic (exact) mass is 464 g/mol. The van der Waals surface area contributed by atoms with Crippen molar-refractivity contribution in [2.45, 2.75) is 44.8 Å². The zero-order valence-corrected chi connectivity index (χ0v) is 18.6. The van der Waals surface area contributed by atoms with E-state index in [-0.39, 0.29) is 11.5 Å². The lowest BCUT2D eigenvalue weighted by Gasteiger charge is -2.69. The van der Waals surface area contributed by atoms with E-state index in [9.17, 15) is 23.2 Å². The minimum absolute atomic E-state index is 0.0223. The minimum atomic E-state index is -4.44. The van der Waals surface area contributed by atoms with E-state index in [1.54, 1.807) is 0 Å². The Kier molecular flexibility index (Phi) is 4.42. The van der Waals surface area contributed by atoms with Gasteiger partial charge in [0.15, 0.2) is 5.78 Å². The SMILES string of the molecule is Cc1ccc(NC2C[C@@H]3CC4(C(=O)c5cn6cc(C(F)(F)F)ccc6n5)C[C@H](C2)C34)cc1C#N. The van der Waals surface area contributed by atoms with E-state index in [1.807, 2.05) is 25.1 Å². The number of carbonyl (C=O) groups is 1. The van der Waals surface area contributed by atoms with Crippen LogP contribution in [0, 0.1) is 41.4 Å². The highest BCUT2D eigenvalue weighted by molar-refractivity contribution is 6.01. The third kappa shape index (κ3) is 3.06. The van der Waals surface area contributed by atoms with Crippen molar-refractivity contribution in [3.63, 3.8) is 0 Å². The molecule has 2 heterocycles. The normalized spacial score (nSPS) is 29.5. The lowest BCUT2D eigenvalue weighted by atomic mass is 9.34. The molecule has 5 atom stereocenters. The molecule has 0 saturated heterocycles. The van der Waals surface area contributed by atoms with Crippen LogP contribution in [-0.2, 0) is 6.18 Å². The summed E-state index contributed by atoms with van der Waals surface area (Å²) >= 11 is 0. The van der Waals surface area contributed by atoms with E-state index in [4.69, 9.17) is 0 Å². The molecule has 1 N–H and O–H groups in total. The fourth-order valence-corrected chi connectivity index (χ4v) is 6.84. The first-order valence-corrected chi connectivity index (χ1v) is 11.6.